The van der Waals surface area contributed by atoms with Crippen LogP contribution in [-0.4, -0.2) is 29.3 Å². The molecule has 13 heavy (non-hydrogen) atoms. The van der Waals surface area contributed by atoms with Crippen LogP contribution in [0.2, 0.25) is 0 Å². The molecule has 76 valence electrons. The van der Waals surface area contributed by atoms with Gasteiger partial charge in [0.15, 0.2) is 0 Å². The van der Waals surface area contributed by atoms with Crippen LogP contribution in [0.5, 0.6) is 0 Å². The zero-order valence-corrected chi connectivity index (χ0v) is 9.18. The highest BCUT2D eigenvalue weighted by atomic mass is 35.5. The maximum atomic E-state index is 11.8. The number of hydrogen-bond acceptors (Lipinski definition) is 1. The molecule has 0 bridgehead atoms. The molecule has 2 unspecified atom stereocenters. The molecule has 0 N–H and O–H groups in total. The SMILES string of the molecule is CCC(C)C(=O)N1CCCC1CCl. The fourth-order valence-corrected chi connectivity index (χ4v) is 2.06. The molecule has 2 nitrogen and oxygen atoms in total. The summed E-state index contributed by atoms with van der Waals surface area (Å²) in [5.41, 5.74) is 0. The highest BCUT2D eigenvalue weighted by Crippen LogP contribution is 2.21. The minimum Gasteiger partial charge on any atom is -0.338 e. The molecular weight excluding hydrogens is 186 g/mol. The van der Waals surface area contributed by atoms with E-state index in [1.807, 2.05) is 18.7 Å². The van der Waals surface area contributed by atoms with Gasteiger partial charge in [0.1, 0.15) is 0 Å². The lowest BCUT2D eigenvalue weighted by molar-refractivity contribution is -0.135. The lowest BCUT2D eigenvalue weighted by atomic mass is 10.1. The van der Waals surface area contributed by atoms with Crippen LogP contribution in [0.3, 0.4) is 0 Å². The topological polar surface area (TPSA) is 20.3 Å². The van der Waals surface area contributed by atoms with Gasteiger partial charge in [-0.05, 0) is 19.3 Å². The van der Waals surface area contributed by atoms with E-state index in [1.165, 1.54) is 0 Å². The zero-order chi connectivity index (χ0) is 9.84. The summed E-state index contributed by atoms with van der Waals surface area (Å²) in [6.07, 6.45) is 3.11. The van der Waals surface area contributed by atoms with Crippen LogP contribution < -0.4 is 0 Å². The minimum absolute atomic E-state index is 0.156. The van der Waals surface area contributed by atoms with E-state index in [2.05, 4.69) is 0 Å². The van der Waals surface area contributed by atoms with Crippen LogP contribution in [0.4, 0.5) is 0 Å². The van der Waals surface area contributed by atoms with E-state index in [0.29, 0.717) is 11.9 Å². The number of hydrogen-bond donors (Lipinski definition) is 0. The molecule has 0 aliphatic carbocycles. The van der Waals surface area contributed by atoms with Crippen molar-refractivity contribution in [2.75, 3.05) is 12.4 Å². The van der Waals surface area contributed by atoms with Gasteiger partial charge in [-0.15, -0.1) is 11.6 Å². The Morgan fingerprint density at radius 2 is 2.38 bits per heavy atom. The van der Waals surface area contributed by atoms with Crippen molar-refractivity contribution >= 4 is 17.5 Å². The summed E-state index contributed by atoms with van der Waals surface area (Å²) in [5, 5.41) is 0. The van der Waals surface area contributed by atoms with Crippen molar-refractivity contribution in [3.63, 3.8) is 0 Å². The number of likely N-dealkylation sites (tertiary alicyclic amines) is 1. The monoisotopic (exact) mass is 203 g/mol. The number of carbonyl (C=O) groups excluding carboxylic acids is 1. The van der Waals surface area contributed by atoms with Crippen LogP contribution >= 0.6 is 11.6 Å². The summed E-state index contributed by atoms with van der Waals surface area (Å²) in [7, 11) is 0. The van der Waals surface area contributed by atoms with Crippen LogP contribution in [-0.2, 0) is 4.79 Å². The molecule has 1 amide bonds. The lowest BCUT2D eigenvalue weighted by Gasteiger charge is -2.25. The molecule has 0 aromatic rings. The average Bonchev–Trinajstić information content (AvgIpc) is 2.62. The van der Waals surface area contributed by atoms with Gasteiger partial charge in [-0.3, -0.25) is 4.79 Å². The summed E-state index contributed by atoms with van der Waals surface area (Å²) in [5.74, 6) is 1.02. The average molecular weight is 204 g/mol. The first-order valence-electron chi connectivity index (χ1n) is 5.07. The first-order chi connectivity index (χ1) is 6.20. The van der Waals surface area contributed by atoms with Crippen molar-refractivity contribution in [3.8, 4) is 0 Å². The van der Waals surface area contributed by atoms with E-state index in [1.54, 1.807) is 0 Å². The maximum absolute atomic E-state index is 11.8. The third-order valence-electron chi connectivity index (χ3n) is 2.87. The van der Waals surface area contributed by atoms with Gasteiger partial charge in [0.25, 0.3) is 0 Å². The molecule has 1 aliphatic rings. The van der Waals surface area contributed by atoms with E-state index in [9.17, 15) is 4.79 Å². The van der Waals surface area contributed by atoms with Gasteiger partial charge in [-0.25, -0.2) is 0 Å². The summed E-state index contributed by atoms with van der Waals surface area (Å²) in [6.45, 7) is 4.95. The van der Waals surface area contributed by atoms with Gasteiger partial charge in [0, 0.05) is 24.4 Å². The van der Waals surface area contributed by atoms with Crippen molar-refractivity contribution in [2.45, 2.75) is 39.2 Å². The molecule has 0 aromatic carbocycles. The quantitative estimate of drug-likeness (QED) is 0.645. The molecule has 2 atom stereocenters. The number of carbonyl (C=O) groups is 1. The molecule has 3 heteroatoms. The van der Waals surface area contributed by atoms with E-state index >= 15 is 0 Å². The number of nitrogens with zero attached hydrogens (tertiary/aromatic N) is 1. The van der Waals surface area contributed by atoms with Crippen molar-refractivity contribution in [1.29, 1.82) is 0 Å². The Bertz CT molecular complexity index is 184. The third kappa shape index (κ3) is 2.37. The van der Waals surface area contributed by atoms with E-state index < -0.39 is 0 Å². The van der Waals surface area contributed by atoms with Crippen molar-refractivity contribution in [1.82, 2.24) is 4.90 Å². The second kappa shape index (κ2) is 4.85. The lowest BCUT2D eigenvalue weighted by Crippen LogP contribution is -2.39. The minimum atomic E-state index is 0.156. The molecule has 1 heterocycles. The zero-order valence-electron chi connectivity index (χ0n) is 8.42. The Balaban J connectivity index is 2.54. The fraction of sp³-hybridized carbons (Fsp3) is 0.900. The first-order valence-corrected chi connectivity index (χ1v) is 5.60. The van der Waals surface area contributed by atoms with Crippen LogP contribution in [0.25, 0.3) is 0 Å². The van der Waals surface area contributed by atoms with E-state index in [-0.39, 0.29) is 11.8 Å². The molecule has 0 spiro atoms. The van der Waals surface area contributed by atoms with Crippen LogP contribution in [0.15, 0.2) is 0 Å². The second-order valence-corrected chi connectivity index (χ2v) is 4.10. The summed E-state index contributed by atoms with van der Waals surface area (Å²) < 4.78 is 0. The number of amides is 1. The Morgan fingerprint density at radius 3 is 2.92 bits per heavy atom. The molecule has 0 radical (unpaired) electrons. The summed E-state index contributed by atoms with van der Waals surface area (Å²) in [4.78, 5) is 13.8. The van der Waals surface area contributed by atoms with Gasteiger partial charge in [0.2, 0.25) is 5.91 Å². The number of rotatable bonds is 3. The number of halogens is 1. The van der Waals surface area contributed by atoms with E-state index in [0.717, 1.165) is 25.8 Å². The molecule has 1 aliphatic heterocycles. The highest BCUT2D eigenvalue weighted by Gasteiger charge is 2.29. The van der Waals surface area contributed by atoms with Gasteiger partial charge in [-0.2, -0.15) is 0 Å². The van der Waals surface area contributed by atoms with Gasteiger partial charge in [-0.1, -0.05) is 13.8 Å². The van der Waals surface area contributed by atoms with Crippen molar-refractivity contribution in [3.05, 3.63) is 0 Å². The third-order valence-corrected chi connectivity index (χ3v) is 3.23. The largest absolute Gasteiger partial charge is 0.338 e. The maximum Gasteiger partial charge on any atom is 0.225 e. The molecular formula is C10H18ClNO. The Hall–Kier alpha value is -0.240. The second-order valence-electron chi connectivity index (χ2n) is 3.79. The number of alkyl halides is 1. The standard InChI is InChI=1S/C10H18ClNO/c1-3-8(2)10(13)12-6-4-5-9(12)7-11/h8-9H,3-7H2,1-2H3. The molecule has 0 aromatic heterocycles. The molecule has 0 saturated carbocycles. The Labute approximate surface area is 85.2 Å². The molecule has 1 saturated heterocycles. The van der Waals surface area contributed by atoms with Crippen molar-refractivity contribution in [2.24, 2.45) is 5.92 Å². The van der Waals surface area contributed by atoms with Crippen LogP contribution in [0.1, 0.15) is 33.1 Å². The van der Waals surface area contributed by atoms with E-state index in [4.69, 9.17) is 11.6 Å². The van der Waals surface area contributed by atoms with Gasteiger partial charge >= 0.3 is 0 Å². The fourth-order valence-electron chi connectivity index (χ4n) is 1.74. The van der Waals surface area contributed by atoms with Gasteiger partial charge < -0.3 is 4.90 Å². The summed E-state index contributed by atoms with van der Waals surface area (Å²) in [6, 6.07) is 0.295. The first kappa shape index (κ1) is 10.8. The van der Waals surface area contributed by atoms with Crippen LogP contribution in [0, 0.1) is 5.92 Å². The molecule has 1 fully saturated rings. The predicted octanol–water partition coefficient (Wildman–Crippen LogP) is 2.26. The summed E-state index contributed by atoms with van der Waals surface area (Å²) >= 11 is 5.80. The Kier molecular flexibility index (Phi) is 4.04. The predicted molar refractivity (Wildman–Crippen MR) is 54.9 cm³/mol. The smallest absolute Gasteiger partial charge is 0.225 e. The molecule has 1 rings (SSSR count). The Morgan fingerprint density at radius 1 is 1.69 bits per heavy atom. The van der Waals surface area contributed by atoms with Crippen molar-refractivity contribution < 1.29 is 4.79 Å². The normalized spacial score (nSPS) is 24.8. The van der Waals surface area contributed by atoms with Gasteiger partial charge in [0.05, 0.1) is 0 Å². The highest BCUT2D eigenvalue weighted by molar-refractivity contribution is 6.18.